The van der Waals surface area contributed by atoms with Gasteiger partial charge < -0.3 is 79.8 Å². The molecule has 21 nitrogen and oxygen atoms in total. The van der Waals surface area contributed by atoms with Crippen molar-refractivity contribution < 1.29 is 180 Å². The number of ether oxygens (including phenoxy) is 6. The summed E-state index contributed by atoms with van der Waals surface area (Å²) in [7, 11) is 5.81. The largest absolute Gasteiger partial charge is 1.00 e. The van der Waals surface area contributed by atoms with Crippen molar-refractivity contribution in [1.29, 1.82) is 0 Å². The number of fused-ring (bicyclic) bond motifs is 7. The van der Waals surface area contributed by atoms with Crippen molar-refractivity contribution in [1.82, 2.24) is 0 Å². The van der Waals surface area contributed by atoms with Crippen LogP contribution in [0.3, 0.4) is 0 Å². The number of aliphatic hydroxyl groups is 1. The van der Waals surface area contributed by atoms with Gasteiger partial charge in [0.05, 0.1) is 88.3 Å². The summed E-state index contributed by atoms with van der Waals surface area (Å²) in [6.45, 7) is 6.61. The predicted molar refractivity (Wildman–Crippen MR) is 292 cm³/mol. The third-order valence-electron chi connectivity index (χ3n) is 11.5. The Hall–Kier alpha value is -5.96. The van der Waals surface area contributed by atoms with E-state index in [0.29, 0.717) is 107 Å². The number of aliphatic hydroxyl groups excluding tert-OH is 1. The molecule has 0 saturated carbocycles. The molecule has 11 rings (SSSR count). The number of furan rings is 4. The molecule has 0 aliphatic rings. The van der Waals surface area contributed by atoms with Gasteiger partial charge in [-0.25, -0.2) is 0 Å². The number of carbonyl (C=O) groups excluding carboxylic acids is 1. The summed E-state index contributed by atoms with van der Waals surface area (Å²) >= 11 is 3.31. The number of ketones is 1. The molecule has 7 heterocycles. The van der Waals surface area contributed by atoms with Crippen molar-refractivity contribution in [2.75, 3.05) is 53.6 Å². The van der Waals surface area contributed by atoms with E-state index in [1.165, 1.54) is 84.7 Å². The van der Waals surface area contributed by atoms with Crippen molar-refractivity contribution in [3.05, 3.63) is 121 Å². The molecule has 0 unspecified atom stereocenters. The van der Waals surface area contributed by atoms with Crippen molar-refractivity contribution in [3.63, 3.8) is 0 Å². The standard InChI is InChI=1S/C15H13BrO5.C15H14O6.C13H10O5.C11H10O5.2CH4.Ar.Rb/c2*1-8-7-10(17)11-12(18-2)9-3-5-19-13(9)15(14(11)21-8)20-6-4-16;1-6-5-8(14)9-11(16-2)7-3-4-17-12(7)10(15)13(9)18-6;1-5(12)7-8(13)9(14)11-6(3-4-16-11)10(7)15-2;;;;/h3,5,7H,4,6H2,1-2H3;3,5,7,16H,4,6H2,1-2H3;3-5,15H,1-2H3;3-4,13-14H,1-2H3;2*1H4;;/q;;;;;;;+1/p-1. The van der Waals surface area contributed by atoms with E-state index in [2.05, 4.69) is 15.9 Å². The van der Waals surface area contributed by atoms with Crippen LogP contribution in [-0.4, -0.2) is 74.7 Å². The molecule has 3 N–H and O–H groups in total. The molecule has 0 aliphatic heterocycles. The number of hydrogen-bond donors (Lipinski definition) is 3. The molecule has 0 saturated heterocycles. The predicted octanol–water partition coefficient (Wildman–Crippen LogP) is 8.12. The average molecular weight is 1270 g/mol. The van der Waals surface area contributed by atoms with Crippen LogP contribution in [0.2, 0.25) is 0 Å². The molecule has 24 heteroatoms. The SMILES string of the molecule is C.C.COc1c(C(C)=O)c(O)c([O-])c2occc12.COc1c2ccoc2c(O)c2oc(C)cc(=O)c12.COc1c2ccoc2c(OCCBr)c2oc(C)cc(=O)c12.COc1c2ccoc2c(OCCO)c2oc(C)cc(=O)c12.[Ar].[Rb+]. The van der Waals surface area contributed by atoms with Crippen molar-refractivity contribution in [2.24, 2.45) is 0 Å². The van der Waals surface area contributed by atoms with E-state index >= 15 is 0 Å². The molecule has 0 spiro atoms. The van der Waals surface area contributed by atoms with E-state index in [9.17, 15) is 34.5 Å². The molecule has 0 amide bonds. The Kier molecular flexibility index (Phi) is 23.8. The van der Waals surface area contributed by atoms with Gasteiger partial charge in [0.25, 0.3) is 0 Å². The molecule has 420 valence electrons. The average Bonchev–Trinajstić information content (AvgIpc) is 4.29. The second kappa shape index (κ2) is 28.6. The first kappa shape index (κ1) is 66.6. The first-order valence-electron chi connectivity index (χ1n) is 22.7. The van der Waals surface area contributed by atoms with Crippen LogP contribution in [0.1, 0.15) is 49.4 Å². The van der Waals surface area contributed by atoms with Gasteiger partial charge in [-0.1, -0.05) is 30.8 Å². The Labute approximate surface area is 541 Å². The van der Waals surface area contributed by atoms with E-state index in [0.717, 1.165) is 0 Å². The van der Waals surface area contributed by atoms with Crippen LogP contribution in [0.15, 0.2) is 113 Å². The molecular formula is C56H54ArBrO21Rb. The van der Waals surface area contributed by atoms with Gasteiger partial charge in [-0.15, -0.1) is 0 Å². The van der Waals surface area contributed by atoms with Gasteiger partial charge in [0.2, 0.25) is 17.2 Å². The van der Waals surface area contributed by atoms with Gasteiger partial charge in [-0.3, -0.25) is 19.2 Å². The molecule has 0 bridgehead atoms. The first-order valence-corrected chi connectivity index (χ1v) is 23.8. The van der Waals surface area contributed by atoms with Gasteiger partial charge in [0.15, 0.2) is 55.6 Å². The van der Waals surface area contributed by atoms with Crippen LogP contribution in [0, 0.1) is 58.5 Å². The quantitative estimate of drug-likeness (QED) is 0.0813. The molecule has 0 atom stereocenters. The van der Waals surface area contributed by atoms with E-state index in [4.69, 9.17) is 64.4 Å². The zero-order chi connectivity index (χ0) is 54.7. The summed E-state index contributed by atoms with van der Waals surface area (Å²) < 4.78 is 70.1. The minimum absolute atomic E-state index is 0. The Balaban J connectivity index is 0.000000227. The van der Waals surface area contributed by atoms with Crippen LogP contribution >= 0.6 is 15.9 Å². The first-order chi connectivity index (χ1) is 36.5. The fourth-order valence-electron chi connectivity index (χ4n) is 8.53. The second-order valence-corrected chi connectivity index (χ2v) is 17.1. The number of phenols is 2. The number of carbonyl (C=O) groups is 1. The summed E-state index contributed by atoms with van der Waals surface area (Å²) in [5, 5.41) is 44.1. The van der Waals surface area contributed by atoms with E-state index in [-0.39, 0.29) is 185 Å². The fraction of sp³-hybridized carbons (Fsp3) is 0.250. The van der Waals surface area contributed by atoms with Crippen LogP contribution in [0.4, 0.5) is 0 Å². The third-order valence-corrected chi connectivity index (χ3v) is 11.8. The number of phenolic OH excluding ortho intramolecular Hbond substituents is 2. The summed E-state index contributed by atoms with van der Waals surface area (Å²) in [6.07, 6.45) is 5.74. The van der Waals surface area contributed by atoms with Crippen LogP contribution < -0.4 is 108 Å². The summed E-state index contributed by atoms with van der Waals surface area (Å²) in [5.74, 6) is 1.46. The molecule has 0 fully saturated rings. The monoisotopic (exact) mass is 1270 g/mol. The van der Waals surface area contributed by atoms with Crippen molar-refractivity contribution in [3.8, 4) is 51.7 Å². The zero-order valence-electron chi connectivity index (χ0n) is 43.1. The molecule has 0 aliphatic carbocycles. The normalized spacial score (nSPS) is 10.5. The number of Topliss-reactive ketones (excluding diaryl/α,β-unsaturated/α-hetero) is 1. The fourth-order valence-corrected chi connectivity index (χ4v) is 8.69. The Morgan fingerprint density at radius 2 is 0.887 bits per heavy atom. The molecule has 7 aromatic heterocycles. The van der Waals surface area contributed by atoms with Crippen LogP contribution in [0.25, 0.3) is 76.8 Å². The maximum absolute atomic E-state index is 12.3. The number of aryl methyl sites for hydroxylation is 3. The zero-order valence-corrected chi connectivity index (χ0v) is 50.3. The minimum Gasteiger partial charge on any atom is -0.867 e. The maximum Gasteiger partial charge on any atom is 1.00 e. The molecule has 80 heavy (non-hydrogen) atoms. The van der Waals surface area contributed by atoms with Crippen LogP contribution in [-0.2, 0) is 0 Å². The minimum atomic E-state index is -0.703. The molecule has 0 radical (unpaired) electrons. The molecule has 11 aromatic rings. The van der Waals surface area contributed by atoms with E-state index in [1.54, 1.807) is 39.0 Å². The van der Waals surface area contributed by atoms with E-state index < -0.39 is 17.3 Å². The number of methoxy groups -OCH3 is 4. The van der Waals surface area contributed by atoms with E-state index in [1.807, 2.05) is 0 Å². The van der Waals surface area contributed by atoms with Gasteiger partial charge in [0, 0.05) is 61.3 Å². The summed E-state index contributed by atoms with van der Waals surface area (Å²) in [4.78, 5) is 48.0. The number of halogens is 1. The maximum atomic E-state index is 12.3. The van der Waals surface area contributed by atoms with Gasteiger partial charge in [-0.2, -0.15) is 0 Å². The van der Waals surface area contributed by atoms with Crippen molar-refractivity contribution in [2.45, 2.75) is 42.5 Å². The Morgan fingerprint density at radius 1 is 0.537 bits per heavy atom. The number of rotatable bonds is 11. The second-order valence-electron chi connectivity index (χ2n) is 16.3. The smallest absolute Gasteiger partial charge is 0.867 e. The summed E-state index contributed by atoms with van der Waals surface area (Å²) in [5.41, 5.74) is 1.08. The van der Waals surface area contributed by atoms with Gasteiger partial charge in [0.1, 0.15) is 79.9 Å². The number of hydrogen-bond acceptors (Lipinski definition) is 21. The third kappa shape index (κ3) is 12.6. The topological polar surface area (TPSA) is 299 Å². The van der Waals surface area contributed by atoms with Crippen LogP contribution in [0.5, 0.6) is 51.7 Å². The summed E-state index contributed by atoms with van der Waals surface area (Å²) in [6, 6.07) is 10.8. The Morgan fingerprint density at radius 3 is 1.27 bits per heavy atom. The van der Waals surface area contributed by atoms with Crippen molar-refractivity contribution >= 4 is 98.5 Å². The number of benzene rings is 4. The molecular weight excluding hydrogens is 1210 g/mol. The Bertz CT molecular complexity index is 4030. The number of alkyl halides is 1. The van der Waals surface area contributed by atoms with Gasteiger partial charge in [-0.05, 0) is 57.7 Å². The molecule has 4 aromatic carbocycles. The van der Waals surface area contributed by atoms with Gasteiger partial charge >= 0.3 is 58.2 Å². The number of aromatic hydroxyl groups is 2.